The van der Waals surface area contributed by atoms with Crippen molar-refractivity contribution in [1.82, 2.24) is 0 Å². The Kier molecular flexibility index (Phi) is 162. The monoisotopic (exact) mass is 1270 g/mol. The molecule has 0 aromatic carbocycles. The summed E-state index contributed by atoms with van der Waals surface area (Å²) >= 11 is 1.88. The van der Waals surface area contributed by atoms with Crippen molar-refractivity contribution in [3.05, 3.63) is 0 Å². The van der Waals surface area contributed by atoms with Crippen molar-refractivity contribution in [3.63, 3.8) is 0 Å². The van der Waals surface area contributed by atoms with Crippen LogP contribution in [0.3, 0.4) is 0 Å². The zero-order valence-electron chi connectivity index (χ0n) is 54.5. The second kappa shape index (κ2) is 103. The molecule has 0 spiro atoms. The molecular weight excluding hydrogens is 1130 g/mol. The van der Waals surface area contributed by atoms with Crippen LogP contribution in [0.1, 0.15) is 192 Å². The van der Waals surface area contributed by atoms with Crippen molar-refractivity contribution in [1.29, 1.82) is 0 Å². The number of thioether (sulfide) groups is 1. The number of halogens is 10. The van der Waals surface area contributed by atoms with Crippen LogP contribution >= 0.6 is 11.8 Å². The Balaban J connectivity index is -0.0000000355. The minimum atomic E-state index is -4.46. The predicted octanol–water partition coefficient (Wildman–Crippen LogP) is 19.0. The van der Waals surface area contributed by atoms with E-state index in [4.69, 9.17) is 9.47 Å². The number of methoxy groups -OCH3 is 8. The molecule has 1 fully saturated rings. The van der Waals surface area contributed by atoms with Gasteiger partial charge < -0.3 is 33.2 Å². The number of hydrogen-bond acceptors (Lipinski definition) is 12. The predicted molar refractivity (Wildman–Crippen MR) is 334 cm³/mol. The van der Waals surface area contributed by atoms with E-state index < -0.39 is 52.6 Å². The SMILES string of the molecule is C.C.C.CC(C)(F)F.CC(C)C.CC(C)S(C)(=O)=O.CC(C)[S@@](C)=O.CC1CCCC1.CCC.CCOC.COC.COC(C)C.COC(F)(F)F.COC(F)F.COCC(C)C.COCC(F)F.COCCCF.CSC(C)C. The zero-order chi connectivity index (χ0) is 65.4. The average Bonchev–Trinajstić information content (AvgIpc) is 3.77. The van der Waals surface area contributed by atoms with E-state index in [2.05, 4.69) is 104 Å². The fourth-order valence-corrected chi connectivity index (χ4v) is 1.79. The summed E-state index contributed by atoms with van der Waals surface area (Å²) in [5.74, 6) is 0.0556. The van der Waals surface area contributed by atoms with Gasteiger partial charge >= 0.3 is 13.0 Å². The van der Waals surface area contributed by atoms with E-state index in [0.29, 0.717) is 37.4 Å². The van der Waals surface area contributed by atoms with Gasteiger partial charge in [-0.15, -0.1) is 13.2 Å². The summed E-state index contributed by atoms with van der Waals surface area (Å²) in [7, 11) is 9.33. The number of rotatable bonds is 13. The highest BCUT2D eigenvalue weighted by atomic mass is 32.2. The fourth-order valence-electron chi connectivity index (χ4n) is 1.79. The normalized spacial score (nSPS) is 11.1. The van der Waals surface area contributed by atoms with Gasteiger partial charge in [-0.25, -0.2) is 26.0 Å². The number of hydrogen-bond donors (Lipinski definition) is 0. The largest absolute Gasteiger partial charge is 0.522 e. The molecule has 0 unspecified atom stereocenters. The first-order chi connectivity index (χ1) is 34.8. The Morgan fingerprint density at radius 3 is 0.912 bits per heavy atom. The van der Waals surface area contributed by atoms with Gasteiger partial charge in [0.15, 0.2) is 0 Å². The van der Waals surface area contributed by atoms with Crippen LogP contribution in [0.4, 0.5) is 43.9 Å². The van der Waals surface area contributed by atoms with Gasteiger partial charge in [-0.2, -0.15) is 20.5 Å². The number of alkyl halides is 10. The molecule has 24 heteroatoms. The Labute approximate surface area is 498 Å². The average molecular weight is 1270 g/mol. The topological polar surface area (TPSA) is 125 Å². The van der Waals surface area contributed by atoms with Crippen LogP contribution in [-0.4, -0.2) is 176 Å². The van der Waals surface area contributed by atoms with Crippen LogP contribution in [0.15, 0.2) is 0 Å². The third kappa shape index (κ3) is 360. The Morgan fingerprint density at radius 2 is 0.887 bits per heavy atom. The summed E-state index contributed by atoms with van der Waals surface area (Å²) < 4.78 is 172. The Hall–Kier alpha value is -0.570. The van der Waals surface area contributed by atoms with Gasteiger partial charge in [-0.05, 0) is 84.1 Å². The van der Waals surface area contributed by atoms with Gasteiger partial charge in [-0.3, -0.25) is 13.3 Å². The molecule has 0 heterocycles. The van der Waals surface area contributed by atoms with E-state index in [1.54, 1.807) is 62.8 Å². The first-order valence-corrected chi connectivity index (χ1v) is 30.2. The van der Waals surface area contributed by atoms with Crippen molar-refractivity contribution in [3.8, 4) is 0 Å². The van der Waals surface area contributed by atoms with Gasteiger partial charge in [0.1, 0.15) is 16.4 Å². The second-order valence-corrected chi connectivity index (χ2v) is 24.0. The quantitative estimate of drug-likeness (QED) is 0.129. The van der Waals surface area contributed by atoms with Gasteiger partial charge in [0.25, 0.3) is 6.43 Å². The fraction of sp³-hybridized carbons (Fsp3) is 1.00. The van der Waals surface area contributed by atoms with E-state index in [1.165, 1.54) is 45.5 Å². The molecule has 1 aliphatic rings. The molecule has 0 N–H and O–H groups in total. The number of ether oxygens (including phenoxy) is 8. The summed E-state index contributed by atoms with van der Waals surface area (Å²) in [6.45, 7) is 35.5. The highest BCUT2D eigenvalue weighted by Crippen LogP contribution is 2.23. The Morgan fingerprint density at radius 1 is 0.650 bits per heavy atom. The van der Waals surface area contributed by atoms with Crippen molar-refractivity contribution in [2.75, 3.05) is 116 Å². The van der Waals surface area contributed by atoms with Gasteiger partial charge in [-0.1, -0.05) is 137 Å². The van der Waals surface area contributed by atoms with Crippen molar-refractivity contribution in [2.45, 2.75) is 240 Å². The maximum absolute atomic E-state index is 11.1. The lowest BCUT2D eigenvalue weighted by Gasteiger charge is -1.97. The minimum absolute atomic E-state index is 0. The molecule has 11 nitrogen and oxygen atoms in total. The minimum Gasteiger partial charge on any atom is -0.388 e. The molecule has 0 saturated heterocycles. The van der Waals surface area contributed by atoms with Gasteiger partial charge in [0, 0.05) is 112 Å². The third-order valence-corrected chi connectivity index (χ3v) is 10.1. The first-order valence-electron chi connectivity index (χ1n) is 25.4. The van der Waals surface area contributed by atoms with Crippen LogP contribution in [-0.2, 0) is 58.5 Å². The van der Waals surface area contributed by atoms with E-state index in [9.17, 15) is 56.5 Å². The standard InChI is InChI=1S/C6H12.C5H12O.C4H9FO.C4H10O2S.C4H10OS.C4H10O.C4H10S.C4H10.C3H6F2O.C3H6F2.C3H8O.C3H8.C2H3F3O.C2H4F2O.C2H6O.3CH4/c1-6-4-2-3-5-6;1-5(2)4-6-3;1-6-4-2-3-5;1-4(2)7(3,5)6;1-4(2)6(3)5;2*1-4(2)5-3;1-4(2)3;1-6-2-3(4)5;1-3(2,4)5;1-3-4-2;1-3-2;1-6-2(3,4)5;1-5-2(3)4;1-3-2;;;/h6H,2-5H2,1H3;5H,4H2,1-3H3;2-4H2,1H3;4H,1-3H3;4H,1-3H3;2*4H,1-3H3;4H,1-3H3;3H,2H2,1H3;1-2H3;3H2,1-2H3;3H2,1-2H3;1H3;2H,1H3;1-2H3;3*1H4/t;;;;6-;;;;;;;;;;;;;/m....1............./s1. The highest BCUT2D eigenvalue weighted by Gasteiger charge is 2.25. The van der Waals surface area contributed by atoms with E-state index in [1.807, 2.05) is 46.4 Å². The van der Waals surface area contributed by atoms with E-state index in [0.717, 1.165) is 51.3 Å². The lowest BCUT2D eigenvalue weighted by molar-refractivity contribution is -0.311. The van der Waals surface area contributed by atoms with Crippen LogP contribution in [0, 0.1) is 17.8 Å². The summed E-state index contributed by atoms with van der Waals surface area (Å²) in [6.07, 6.45) is 6.39. The first kappa shape index (κ1) is 125. The van der Waals surface area contributed by atoms with Crippen molar-refractivity contribution < 1.29 is 94.4 Å². The van der Waals surface area contributed by atoms with Gasteiger partial charge in [0.05, 0.1) is 18.0 Å². The molecule has 0 aromatic rings. The van der Waals surface area contributed by atoms with Crippen LogP contribution < -0.4 is 0 Å². The smallest absolute Gasteiger partial charge is 0.388 e. The van der Waals surface area contributed by atoms with Crippen LogP contribution in [0.2, 0.25) is 0 Å². The molecule has 0 aliphatic heterocycles. The van der Waals surface area contributed by atoms with Crippen molar-refractivity contribution in [2.24, 2.45) is 17.8 Å². The molecule has 0 radical (unpaired) electrons. The molecular formula is C56H136F10O11S3. The molecule has 514 valence electrons. The van der Waals surface area contributed by atoms with Crippen LogP contribution in [0.25, 0.3) is 0 Å². The van der Waals surface area contributed by atoms with Crippen molar-refractivity contribution >= 4 is 32.4 Å². The highest BCUT2D eigenvalue weighted by molar-refractivity contribution is 7.99. The maximum Gasteiger partial charge on any atom is 0.522 e. The lowest BCUT2D eigenvalue weighted by atomic mass is 10.2. The summed E-state index contributed by atoms with van der Waals surface area (Å²) in [4.78, 5) is 0. The molecule has 1 saturated carbocycles. The molecule has 1 rings (SSSR count). The third-order valence-electron chi connectivity index (χ3n) is 6.08. The summed E-state index contributed by atoms with van der Waals surface area (Å²) in [5.41, 5.74) is 0. The molecule has 1 atom stereocenters. The van der Waals surface area contributed by atoms with Crippen LogP contribution in [0.5, 0.6) is 0 Å². The molecule has 0 amide bonds. The summed E-state index contributed by atoms with van der Waals surface area (Å²) in [6, 6.07) is 0. The maximum atomic E-state index is 11.1. The zero-order valence-corrected chi connectivity index (χ0v) is 56.9. The van der Waals surface area contributed by atoms with E-state index in [-0.39, 0.29) is 34.2 Å². The van der Waals surface area contributed by atoms with E-state index >= 15 is 0 Å². The number of sulfone groups is 1. The second-order valence-electron chi connectivity index (χ2n) is 18.0. The molecule has 1 aliphatic carbocycles. The molecule has 80 heavy (non-hydrogen) atoms. The molecule has 0 aromatic heterocycles. The lowest BCUT2D eigenvalue weighted by Crippen LogP contribution is -2.10. The van der Waals surface area contributed by atoms with Gasteiger partial charge in [0.2, 0.25) is 5.92 Å². The molecule has 0 bridgehead atoms. The summed E-state index contributed by atoms with van der Waals surface area (Å²) in [5, 5.41) is 0.896. The Bertz CT molecular complexity index is 999.